The van der Waals surface area contributed by atoms with Gasteiger partial charge in [-0.3, -0.25) is 14.4 Å². The first kappa shape index (κ1) is 16.4. The zero-order valence-electron chi connectivity index (χ0n) is 13.8. The highest BCUT2D eigenvalue weighted by atomic mass is 16.5. The monoisotopic (exact) mass is 321 g/mol. The van der Waals surface area contributed by atoms with Crippen LogP contribution in [0.3, 0.4) is 0 Å². The summed E-state index contributed by atoms with van der Waals surface area (Å²) in [4.78, 5) is 14.6. The molecule has 23 heavy (non-hydrogen) atoms. The van der Waals surface area contributed by atoms with Gasteiger partial charge < -0.3 is 15.4 Å². The number of carbonyl (C=O) groups is 1. The van der Waals surface area contributed by atoms with E-state index in [0.717, 1.165) is 52.2 Å². The molecule has 0 bridgehead atoms. The van der Waals surface area contributed by atoms with Gasteiger partial charge in [0.15, 0.2) is 0 Å². The minimum atomic E-state index is -0.0902. The Bertz CT molecular complexity index is 506. The van der Waals surface area contributed by atoms with Gasteiger partial charge in [-0.2, -0.15) is 5.10 Å². The van der Waals surface area contributed by atoms with Gasteiger partial charge in [0.1, 0.15) is 5.69 Å². The van der Waals surface area contributed by atoms with Gasteiger partial charge in [-0.1, -0.05) is 0 Å². The highest BCUT2D eigenvalue weighted by molar-refractivity contribution is 5.92. The Balaban J connectivity index is 1.49. The third-order valence-electron chi connectivity index (χ3n) is 4.71. The lowest BCUT2D eigenvalue weighted by Gasteiger charge is -2.32. The third kappa shape index (κ3) is 4.31. The van der Waals surface area contributed by atoms with Gasteiger partial charge in [0.25, 0.3) is 5.91 Å². The molecule has 2 atom stereocenters. The first-order valence-electron chi connectivity index (χ1n) is 8.60. The average molecular weight is 321 g/mol. The van der Waals surface area contributed by atoms with Crippen LogP contribution in [0.4, 0.5) is 0 Å². The second-order valence-electron chi connectivity index (χ2n) is 6.39. The zero-order valence-corrected chi connectivity index (χ0v) is 13.8. The van der Waals surface area contributed by atoms with Gasteiger partial charge in [-0.15, -0.1) is 0 Å². The van der Waals surface area contributed by atoms with Crippen molar-refractivity contribution in [3.8, 4) is 0 Å². The molecule has 2 unspecified atom stereocenters. The van der Waals surface area contributed by atoms with E-state index in [1.54, 1.807) is 0 Å². The number of nitrogens with one attached hydrogen (secondary N) is 2. The quantitative estimate of drug-likeness (QED) is 0.814. The predicted octanol–water partition coefficient (Wildman–Crippen LogP) is 0.258. The Kier molecular flexibility index (Phi) is 5.64. The van der Waals surface area contributed by atoms with Crippen LogP contribution in [0.2, 0.25) is 0 Å². The van der Waals surface area contributed by atoms with Crippen LogP contribution in [0.1, 0.15) is 36.3 Å². The number of ether oxygens (including phenoxy) is 1. The predicted molar refractivity (Wildman–Crippen MR) is 87.6 cm³/mol. The summed E-state index contributed by atoms with van der Waals surface area (Å²) in [6.45, 7) is 8.19. The maximum atomic E-state index is 12.3. The van der Waals surface area contributed by atoms with Crippen LogP contribution in [0.15, 0.2) is 12.3 Å². The Morgan fingerprint density at radius 2 is 2.35 bits per heavy atom. The van der Waals surface area contributed by atoms with Crippen molar-refractivity contribution in [3.05, 3.63) is 18.0 Å². The maximum absolute atomic E-state index is 12.3. The van der Waals surface area contributed by atoms with Gasteiger partial charge in [-0.05, 0) is 32.4 Å². The number of hydrogen-bond acceptors (Lipinski definition) is 5. The van der Waals surface area contributed by atoms with Crippen LogP contribution in [0.25, 0.3) is 0 Å². The fourth-order valence-electron chi connectivity index (χ4n) is 3.20. The van der Waals surface area contributed by atoms with Crippen LogP contribution >= 0.6 is 0 Å². The lowest BCUT2D eigenvalue weighted by Crippen LogP contribution is -2.47. The first-order valence-corrected chi connectivity index (χ1v) is 8.60. The van der Waals surface area contributed by atoms with Crippen molar-refractivity contribution in [2.75, 3.05) is 45.9 Å². The summed E-state index contributed by atoms with van der Waals surface area (Å²) in [5, 5.41) is 10.8. The second-order valence-corrected chi connectivity index (χ2v) is 6.39. The molecule has 128 valence electrons. The molecule has 1 aromatic heterocycles. The molecule has 3 heterocycles. The maximum Gasteiger partial charge on any atom is 0.271 e. The van der Waals surface area contributed by atoms with Gasteiger partial charge >= 0.3 is 0 Å². The molecule has 0 radical (unpaired) electrons. The number of piperidine rings is 1. The van der Waals surface area contributed by atoms with Crippen molar-refractivity contribution in [1.82, 2.24) is 25.3 Å². The molecule has 0 aliphatic carbocycles. The van der Waals surface area contributed by atoms with Gasteiger partial charge in [-0.25, -0.2) is 0 Å². The Labute approximate surface area is 137 Å². The van der Waals surface area contributed by atoms with Crippen LogP contribution in [-0.2, 0) is 4.74 Å². The van der Waals surface area contributed by atoms with Crippen LogP contribution in [0, 0.1) is 0 Å². The smallest absolute Gasteiger partial charge is 0.271 e. The fraction of sp³-hybridized carbons (Fsp3) is 0.750. The summed E-state index contributed by atoms with van der Waals surface area (Å²) < 4.78 is 7.28. The molecule has 0 spiro atoms. The Morgan fingerprint density at radius 3 is 3.09 bits per heavy atom. The number of aromatic nitrogens is 2. The van der Waals surface area contributed by atoms with Crippen molar-refractivity contribution in [2.24, 2.45) is 0 Å². The normalized spacial score (nSPS) is 24.3. The molecule has 2 aliphatic rings. The molecule has 7 nitrogen and oxygen atoms in total. The van der Waals surface area contributed by atoms with E-state index < -0.39 is 0 Å². The number of rotatable bonds is 5. The van der Waals surface area contributed by atoms with Gasteiger partial charge in [0.05, 0.1) is 19.3 Å². The van der Waals surface area contributed by atoms with Crippen molar-refractivity contribution in [2.45, 2.75) is 31.8 Å². The Hall–Kier alpha value is -1.44. The number of nitrogens with zero attached hydrogens (tertiary/aromatic N) is 3. The number of amides is 1. The minimum Gasteiger partial charge on any atom is -0.379 e. The summed E-state index contributed by atoms with van der Waals surface area (Å²) in [5.74, 6) is -0.0902. The lowest BCUT2D eigenvalue weighted by atomic mass is 10.1. The molecule has 0 aromatic carbocycles. The first-order chi connectivity index (χ1) is 11.2. The van der Waals surface area contributed by atoms with Crippen LogP contribution in [0.5, 0.6) is 0 Å². The second kappa shape index (κ2) is 7.90. The average Bonchev–Trinajstić information content (AvgIpc) is 3.11. The summed E-state index contributed by atoms with van der Waals surface area (Å²) in [7, 11) is 0. The summed E-state index contributed by atoms with van der Waals surface area (Å²) in [6.07, 6.45) is 4.19. The summed E-state index contributed by atoms with van der Waals surface area (Å²) in [6, 6.07) is 2.48. The highest BCUT2D eigenvalue weighted by Crippen LogP contribution is 2.15. The molecule has 7 heteroatoms. The van der Waals surface area contributed by atoms with Gasteiger partial charge in [0.2, 0.25) is 0 Å². The highest BCUT2D eigenvalue weighted by Gasteiger charge is 2.20. The number of carbonyl (C=O) groups excluding carboxylic acids is 1. The van der Waals surface area contributed by atoms with E-state index >= 15 is 0 Å². The molecule has 1 aromatic rings. The van der Waals surface area contributed by atoms with Crippen LogP contribution < -0.4 is 10.6 Å². The SMILES string of the molecule is CC(CNC(=O)c1ccn(C2CCCNC2)n1)N1CCOCC1. The molecule has 2 aliphatic heterocycles. The fourth-order valence-corrected chi connectivity index (χ4v) is 3.20. The summed E-state index contributed by atoms with van der Waals surface area (Å²) in [5.41, 5.74) is 0.504. The van der Waals surface area contributed by atoms with Gasteiger partial charge in [0, 0.05) is 38.4 Å². The van der Waals surface area contributed by atoms with Crippen LogP contribution in [-0.4, -0.2) is 72.6 Å². The molecule has 2 fully saturated rings. The lowest BCUT2D eigenvalue weighted by molar-refractivity contribution is 0.0204. The zero-order chi connectivity index (χ0) is 16.1. The van der Waals surface area contributed by atoms with E-state index in [1.165, 1.54) is 0 Å². The van der Waals surface area contributed by atoms with E-state index in [9.17, 15) is 4.79 Å². The molecule has 1 amide bonds. The molecule has 2 N–H and O–H groups in total. The minimum absolute atomic E-state index is 0.0902. The molecular weight excluding hydrogens is 294 g/mol. The molecule has 2 saturated heterocycles. The van der Waals surface area contributed by atoms with E-state index in [4.69, 9.17) is 4.74 Å². The van der Waals surface area contributed by atoms with E-state index in [0.29, 0.717) is 24.3 Å². The molecular formula is C16H27N5O2. The van der Waals surface area contributed by atoms with Crippen molar-refractivity contribution < 1.29 is 9.53 Å². The molecule has 3 rings (SSSR count). The topological polar surface area (TPSA) is 71.4 Å². The van der Waals surface area contributed by atoms with Crippen molar-refractivity contribution in [3.63, 3.8) is 0 Å². The summed E-state index contributed by atoms with van der Waals surface area (Å²) >= 11 is 0. The van der Waals surface area contributed by atoms with E-state index in [-0.39, 0.29) is 5.91 Å². The third-order valence-corrected chi connectivity index (χ3v) is 4.71. The van der Waals surface area contributed by atoms with Crippen molar-refractivity contribution in [1.29, 1.82) is 0 Å². The van der Waals surface area contributed by atoms with E-state index in [2.05, 4.69) is 27.6 Å². The largest absolute Gasteiger partial charge is 0.379 e. The van der Waals surface area contributed by atoms with E-state index in [1.807, 2.05) is 16.9 Å². The Morgan fingerprint density at radius 1 is 1.52 bits per heavy atom. The standard InChI is InChI=1S/C16H27N5O2/c1-13(20-7-9-23-10-8-20)11-18-16(22)15-4-6-21(19-15)14-3-2-5-17-12-14/h4,6,13-14,17H,2-3,5,7-12H2,1H3,(H,18,22). The number of hydrogen-bond donors (Lipinski definition) is 2. The molecule has 0 saturated carbocycles. The number of morpholine rings is 1. The van der Waals surface area contributed by atoms with Crippen molar-refractivity contribution >= 4 is 5.91 Å².